The van der Waals surface area contributed by atoms with Crippen LogP contribution in [-0.2, 0) is 32.4 Å². The first kappa shape index (κ1) is 20.8. The minimum Gasteiger partial charge on any atom is -0.598 e. The number of benzene rings is 2. The van der Waals surface area contributed by atoms with Gasteiger partial charge in [-0.25, -0.2) is 0 Å². The Labute approximate surface area is 177 Å². The summed E-state index contributed by atoms with van der Waals surface area (Å²) in [5.74, 6) is 0.907. The van der Waals surface area contributed by atoms with Crippen LogP contribution in [-0.4, -0.2) is 56.3 Å². The number of aromatic hydroxyl groups is 1. The Morgan fingerprint density at radius 2 is 1.83 bits per heavy atom. The fraction of sp³-hybridized carbons (Fsp3) is 0.409. The summed E-state index contributed by atoms with van der Waals surface area (Å²) in [6.45, 7) is 1.59. The number of piperidine rings is 1. The SMILES string of the molecule is C[S+](=O)([O-])N1Cc2ccccc2OC2(CCN(C(=O)Cc3ccc(O)cc3)CC2)C1. The number of carbonyl (C=O) groups is 1. The Morgan fingerprint density at radius 3 is 2.50 bits per heavy atom. The second kappa shape index (κ2) is 8.02. The van der Waals surface area contributed by atoms with Crippen molar-refractivity contribution in [3.8, 4) is 11.5 Å². The van der Waals surface area contributed by atoms with E-state index < -0.39 is 16.0 Å². The fourth-order valence-electron chi connectivity index (χ4n) is 4.13. The van der Waals surface area contributed by atoms with Crippen molar-refractivity contribution in [1.29, 1.82) is 0 Å². The lowest BCUT2D eigenvalue weighted by molar-refractivity contribution is -0.134. The van der Waals surface area contributed by atoms with Gasteiger partial charge in [-0.1, -0.05) is 34.5 Å². The topological polar surface area (TPSA) is 93.1 Å². The van der Waals surface area contributed by atoms with Gasteiger partial charge in [-0.05, 0) is 23.8 Å². The predicted octanol–water partition coefficient (Wildman–Crippen LogP) is 2.37. The normalized spacial score (nSPS) is 20.7. The van der Waals surface area contributed by atoms with Gasteiger partial charge < -0.3 is 19.3 Å². The first-order valence-electron chi connectivity index (χ1n) is 10.0. The van der Waals surface area contributed by atoms with Crippen LogP contribution in [0.4, 0.5) is 0 Å². The Hall–Kier alpha value is -2.42. The third-order valence-corrected chi connectivity index (χ3v) is 7.09. The number of ether oxygens (including phenoxy) is 1. The molecule has 2 aliphatic rings. The lowest BCUT2D eigenvalue weighted by Crippen LogP contribution is -2.55. The van der Waals surface area contributed by atoms with Crippen molar-refractivity contribution in [3.05, 3.63) is 59.7 Å². The molecule has 160 valence electrons. The predicted molar refractivity (Wildman–Crippen MR) is 113 cm³/mol. The summed E-state index contributed by atoms with van der Waals surface area (Å²) in [5.41, 5.74) is 1.05. The summed E-state index contributed by atoms with van der Waals surface area (Å²) < 4.78 is 32.6. The molecule has 1 fully saturated rings. The highest BCUT2D eigenvalue weighted by molar-refractivity contribution is 7.94. The number of likely N-dealkylation sites (tertiary alicyclic amines) is 1. The average molecular weight is 431 g/mol. The molecule has 2 aromatic carbocycles. The van der Waals surface area contributed by atoms with Crippen molar-refractivity contribution in [3.63, 3.8) is 0 Å². The molecule has 2 aliphatic heterocycles. The summed E-state index contributed by atoms with van der Waals surface area (Å²) >= 11 is 0. The standard InChI is InChI=1S/C22H26N2O5S/c1-30(27,28)24-15-18-4-2-3-5-20(18)29-22(16-24)10-12-23(13-11-22)21(26)14-17-6-8-19(25)9-7-17/h2-9H,10-16H2,1H3,(H-,25,27,28). The van der Waals surface area contributed by atoms with E-state index in [2.05, 4.69) is 0 Å². The number of hydrogen-bond donors (Lipinski definition) is 1. The van der Waals surface area contributed by atoms with Gasteiger partial charge >= 0.3 is 0 Å². The summed E-state index contributed by atoms with van der Waals surface area (Å²) in [7, 11) is -3.39. The van der Waals surface area contributed by atoms with Crippen molar-refractivity contribution >= 4 is 16.3 Å². The molecule has 0 aliphatic carbocycles. The van der Waals surface area contributed by atoms with E-state index in [0.717, 1.165) is 11.1 Å². The molecule has 8 heteroatoms. The van der Waals surface area contributed by atoms with Crippen LogP contribution in [0.25, 0.3) is 0 Å². The summed E-state index contributed by atoms with van der Waals surface area (Å²) in [5, 5.41) is 9.40. The zero-order valence-electron chi connectivity index (χ0n) is 17.0. The Bertz CT molecular complexity index is 964. The molecule has 0 saturated carbocycles. The number of hydrogen-bond acceptors (Lipinski definition) is 5. The summed E-state index contributed by atoms with van der Waals surface area (Å²) in [4.78, 5) is 14.5. The van der Waals surface area contributed by atoms with Crippen LogP contribution in [0, 0.1) is 0 Å². The molecule has 0 aromatic heterocycles. The smallest absolute Gasteiger partial charge is 0.226 e. The summed E-state index contributed by atoms with van der Waals surface area (Å²) in [6, 6.07) is 14.2. The van der Waals surface area contributed by atoms with Gasteiger partial charge in [0.25, 0.3) is 0 Å². The van der Waals surface area contributed by atoms with Gasteiger partial charge in [0.2, 0.25) is 5.91 Å². The minimum atomic E-state index is -3.39. The number of para-hydroxylation sites is 1. The van der Waals surface area contributed by atoms with E-state index in [1.807, 2.05) is 29.2 Å². The maximum absolute atomic E-state index is 12.7. The molecular formula is C22H26N2O5S. The van der Waals surface area contributed by atoms with Gasteiger partial charge in [0.1, 0.15) is 33.8 Å². The molecule has 0 radical (unpaired) electrons. The number of rotatable bonds is 3. The van der Waals surface area contributed by atoms with Crippen molar-refractivity contribution in [1.82, 2.24) is 9.21 Å². The molecule has 1 unspecified atom stereocenters. The Morgan fingerprint density at radius 1 is 1.17 bits per heavy atom. The highest BCUT2D eigenvalue weighted by atomic mass is 32.3. The van der Waals surface area contributed by atoms with Crippen LogP contribution in [0.2, 0.25) is 0 Å². The van der Waals surface area contributed by atoms with Crippen LogP contribution >= 0.6 is 0 Å². The van der Waals surface area contributed by atoms with Crippen LogP contribution in [0.1, 0.15) is 24.0 Å². The van der Waals surface area contributed by atoms with E-state index in [1.54, 1.807) is 24.3 Å². The van der Waals surface area contributed by atoms with Gasteiger partial charge in [-0.2, -0.15) is 0 Å². The number of sulfonamides is 1. The lowest BCUT2D eigenvalue weighted by Gasteiger charge is -2.42. The van der Waals surface area contributed by atoms with Crippen molar-refractivity contribution in [2.45, 2.75) is 31.4 Å². The Balaban J connectivity index is 1.48. The van der Waals surface area contributed by atoms with Gasteiger partial charge in [-0.3, -0.25) is 4.79 Å². The van der Waals surface area contributed by atoms with Gasteiger partial charge in [0.15, 0.2) is 0 Å². The number of amides is 1. The summed E-state index contributed by atoms with van der Waals surface area (Å²) in [6.07, 6.45) is 2.63. The van der Waals surface area contributed by atoms with E-state index in [9.17, 15) is 18.7 Å². The molecule has 7 nitrogen and oxygen atoms in total. The second-order valence-electron chi connectivity index (χ2n) is 8.15. The highest BCUT2D eigenvalue weighted by Crippen LogP contribution is 2.37. The van der Waals surface area contributed by atoms with Crippen molar-refractivity contribution in [2.75, 3.05) is 25.9 Å². The zero-order chi connectivity index (χ0) is 21.4. The van der Waals surface area contributed by atoms with Crippen LogP contribution in [0.3, 0.4) is 0 Å². The first-order valence-corrected chi connectivity index (χ1v) is 11.9. The number of phenols is 1. The number of carbonyl (C=O) groups excluding carboxylic acids is 1. The van der Waals surface area contributed by atoms with E-state index in [0.29, 0.717) is 38.2 Å². The quantitative estimate of drug-likeness (QED) is 0.755. The van der Waals surface area contributed by atoms with E-state index in [-0.39, 0.29) is 24.6 Å². The second-order valence-corrected chi connectivity index (χ2v) is 10.1. The largest absolute Gasteiger partial charge is 0.598 e. The molecule has 1 amide bonds. The molecule has 2 aromatic rings. The van der Waals surface area contributed by atoms with Crippen LogP contribution < -0.4 is 4.74 Å². The molecule has 0 bridgehead atoms. The first-order chi connectivity index (χ1) is 14.2. The van der Waals surface area contributed by atoms with Crippen LogP contribution in [0.15, 0.2) is 48.5 Å². The van der Waals surface area contributed by atoms with Gasteiger partial charge in [0, 0.05) is 31.5 Å². The van der Waals surface area contributed by atoms with Gasteiger partial charge in [0.05, 0.1) is 19.5 Å². The molecule has 1 saturated heterocycles. The van der Waals surface area contributed by atoms with Gasteiger partial charge in [-0.15, -0.1) is 4.31 Å². The lowest BCUT2D eigenvalue weighted by atomic mass is 9.90. The third kappa shape index (κ3) is 4.50. The zero-order valence-corrected chi connectivity index (χ0v) is 17.8. The molecule has 2 heterocycles. The number of fused-ring (bicyclic) bond motifs is 1. The molecule has 1 N–H and O–H groups in total. The Kier molecular flexibility index (Phi) is 5.57. The number of nitrogens with zero attached hydrogens (tertiary/aromatic N) is 2. The third-order valence-electron chi connectivity index (χ3n) is 5.90. The fourth-order valence-corrected chi connectivity index (χ4v) is 4.97. The molecule has 4 rings (SSSR count). The number of phenolic OH excluding ortho intramolecular Hbond substituents is 1. The average Bonchev–Trinajstić information content (AvgIpc) is 2.87. The van der Waals surface area contributed by atoms with E-state index in [1.165, 1.54) is 10.6 Å². The molecule has 30 heavy (non-hydrogen) atoms. The maximum atomic E-state index is 12.7. The van der Waals surface area contributed by atoms with E-state index >= 15 is 0 Å². The van der Waals surface area contributed by atoms with Crippen molar-refractivity contribution < 1.29 is 23.4 Å². The van der Waals surface area contributed by atoms with Crippen molar-refractivity contribution in [2.24, 2.45) is 0 Å². The highest BCUT2D eigenvalue weighted by Gasteiger charge is 2.44. The maximum Gasteiger partial charge on any atom is 0.226 e. The monoisotopic (exact) mass is 430 g/mol. The van der Waals surface area contributed by atoms with Crippen LogP contribution in [0.5, 0.6) is 11.5 Å². The minimum absolute atomic E-state index is 0.0181. The molecular weight excluding hydrogens is 404 g/mol. The molecule has 1 atom stereocenters. The molecule has 1 spiro atoms. The van der Waals surface area contributed by atoms with E-state index in [4.69, 9.17) is 4.74 Å².